The lowest BCUT2D eigenvalue weighted by molar-refractivity contribution is 0.232. The van der Waals surface area contributed by atoms with E-state index < -0.39 is 0 Å². The molecule has 0 saturated heterocycles. The number of para-hydroxylation sites is 1. The highest BCUT2D eigenvalue weighted by atomic mass is 15.2. The summed E-state index contributed by atoms with van der Waals surface area (Å²) in [6, 6.07) is 10.9. The van der Waals surface area contributed by atoms with Crippen LogP contribution in [0.3, 0.4) is 0 Å². The van der Waals surface area contributed by atoms with Crippen molar-refractivity contribution in [3.05, 3.63) is 42.7 Å². The Balaban J connectivity index is 1.72. The fourth-order valence-corrected chi connectivity index (χ4v) is 2.93. The van der Waals surface area contributed by atoms with Crippen LogP contribution in [0, 0.1) is 5.41 Å². The summed E-state index contributed by atoms with van der Waals surface area (Å²) in [4.78, 5) is 4.47. The molecule has 0 bridgehead atoms. The first-order valence-corrected chi connectivity index (χ1v) is 7.49. The summed E-state index contributed by atoms with van der Waals surface area (Å²) < 4.78 is 2.12. The molecular formula is C17H23N3. The normalized spacial score (nSPS) is 18.9. The number of benzene rings is 1. The van der Waals surface area contributed by atoms with Crippen LogP contribution in [0.5, 0.6) is 0 Å². The Morgan fingerprint density at radius 2 is 1.85 bits per heavy atom. The van der Waals surface area contributed by atoms with E-state index in [1.165, 1.54) is 25.7 Å². The summed E-state index contributed by atoms with van der Waals surface area (Å²) in [6.45, 7) is 4.74. The number of anilines is 1. The van der Waals surface area contributed by atoms with E-state index in [4.69, 9.17) is 0 Å². The Kier molecular flexibility index (Phi) is 3.51. The smallest absolute Gasteiger partial charge is 0.207 e. The first-order chi connectivity index (χ1) is 9.64. The molecule has 0 amide bonds. The van der Waals surface area contributed by atoms with E-state index in [-0.39, 0.29) is 0 Å². The van der Waals surface area contributed by atoms with Gasteiger partial charge >= 0.3 is 0 Å². The molecule has 1 aromatic carbocycles. The third-order valence-electron chi connectivity index (χ3n) is 4.35. The largest absolute Gasteiger partial charge is 0.353 e. The SMILES string of the molecule is CC1(C)CCC(Nc2nccn2-c2ccccc2)CC1. The van der Waals surface area contributed by atoms with Crippen molar-refractivity contribution in [2.75, 3.05) is 5.32 Å². The number of imidazole rings is 1. The number of rotatable bonds is 3. The molecule has 1 aliphatic rings. The van der Waals surface area contributed by atoms with Gasteiger partial charge in [0.15, 0.2) is 0 Å². The molecule has 3 heteroatoms. The molecule has 0 atom stereocenters. The van der Waals surface area contributed by atoms with Gasteiger partial charge in [0.1, 0.15) is 0 Å². The molecule has 1 fully saturated rings. The third kappa shape index (κ3) is 2.87. The number of hydrogen-bond donors (Lipinski definition) is 1. The minimum atomic E-state index is 0.507. The summed E-state index contributed by atoms with van der Waals surface area (Å²) in [7, 11) is 0. The number of hydrogen-bond acceptors (Lipinski definition) is 2. The van der Waals surface area contributed by atoms with Crippen LogP contribution >= 0.6 is 0 Å². The van der Waals surface area contributed by atoms with Crippen molar-refractivity contribution in [3.63, 3.8) is 0 Å². The van der Waals surface area contributed by atoms with Crippen LogP contribution in [0.25, 0.3) is 5.69 Å². The second-order valence-corrected chi connectivity index (χ2v) is 6.54. The molecule has 0 aliphatic heterocycles. The zero-order valence-corrected chi connectivity index (χ0v) is 12.3. The minimum Gasteiger partial charge on any atom is -0.353 e. The average Bonchev–Trinajstić information content (AvgIpc) is 2.90. The first kappa shape index (κ1) is 13.2. The van der Waals surface area contributed by atoms with E-state index in [1.54, 1.807) is 0 Å². The zero-order valence-electron chi connectivity index (χ0n) is 12.3. The number of aromatic nitrogens is 2. The summed E-state index contributed by atoms with van der Waals surface area (Å²) >= 11 is 0. The summed E-state index contributed by atoms with van der Waals surface area (Å²) in [6.07, 6.45) is 8.92. The van der Waals surface area contributed by atoms with Crippen molar-refractivity contribution in [2.24, 2.45) is 5.41 Å². The van der Waals surface area contributed by atoms with Crippen LogP contribution in [0.1, 0.15) is 39.5 Å². The van der Waals surface area contributed by atoms with Gasteiger partial charge in [0.05, 0.1) is 0 Å². The third-order valence-corrected chi connectivity index (χ3v) is 4.35. The van der Waals surface area contributed by atoms with Crippen molar-refractivity contribution < 1.29 is 0 Å². The lowest BCUT2D eigenvalue weighted by Crippen LogP contribution is -2.30. The predicted molar refractivity (Wildman–Crippen MR) is 83.2 cm³/mol. The monoisotopic (exact) mass is 269 g/mol. The van der Waals surface area contributed by atoms with Crippen LogP contribution in [0.2, 0.25) is 0 Å². The molecule has 1 saturated carbocycles. The molecule has 1 aliphatic carbocycles. The van der Waals surface area contributed by atoms with Crippen molar-refractivity contribution in [1.29, 1.82) is 0 Å². The molecule has 2 aromatic rings. The average molecular weight is 269 g/mol. The van der Waals surface area contributed by atoms with Gasteiger partial charge in [0, 0.05) is 24.1 Å². The van der Waals surface area contributed by atoms with E-state index in [0.717, 1.165) is 11.6 Å². The van der Waals surface area contributed by atoms with Crippen LogP contribution in [0.4, 0.5) is 5.95 Å². The van der Waals surface area contributed by atoms with E-state index in [9.17, 15) is 0 Å². The second-order valence-electron chi connectivity index (χ2n) is 6.54. The predicted octanol–water partition coefficient (Wildman–Crippen LogP) is 4.25. The highest BCUT2D eigenvalue weighted by molar-refractivity contribution is 5.42. The summed E-state index contributed by atoms with van der Waals surface area (Å²) in [5.74, 6) is 0.959. The molecular weight excluding hydrogens is 246 g/mol. The van der Waals surface area contributed by atoms with Gasteiger partial charge < -0.3 is 5.32 Å². The Bertz CT molecular complexity index is 547. The maximum atomic E-state index is 4.47. The van der Waals surface area contributed by atoms with Crippen molar-refractivity contribution >= 4 is 5.95 Å². The van der Waals surface area contributed by atoms with Gasteiger partial charge in [0.2, 0.25) is 5.95 Å². The Morgan fingerprint density at radius 1 is 1.15 bits per heavy atom. The van der Waals surface area contributed by atoms with Gasteiger partial charge in [-0.05, 0) is 43.2 Å². The van der Waals surface area contributed by atoms with Gasteiger partial charge in [-0.2, -0.15) is 0 Å². The van der Waals surface area contributed by atoms with E-state index in [2.05, 4.69) is 53.0 Å². The molecule has 3 rings (SSSR count). The van der Waals surface area contributed by atoms with Crippen molar-refractivity contribution in [3.8, 4) is 5.69 Å². The standard InChI is InChI=1S/C17H23N3/c1-17(2)10-8-14(9-11-17)19-16-18-12-13-20(16)15-6-4-3-5-7-15/h3-7,12-14H,8-11H2,1-2H3,(H,18,19). The maximum absolute atomic E-state index is 4.47. The van der Waals surface area contributed by atoms with Crippen LogP contribution in [0.15, 0.2) is 42.7 Å². The fraction of sp³-hybridized carbons (Fsp3) is 0.471. The summed E-state index contributed by atoms with van der Waals surface area (Å²) in [5.41, 5.74) is 1.66. The van der Waals surface area contributed by atoms with E-state index >= 15 is 0 Å². The molecule has 106 valence electrons. The van der Waals surface area contributed by atoms with Crippen LogP contribution in [-0.2, 0) is 0 Å². The lowest BCUT2D eigenvalue weighted by atomic mass is 9.76. The number of nitrogens with zero attached hydrogens (tertiary/aromatic N) is 2. The van der Waals surface area contributed by atoms with Crippen molar-refractivity contribution in [1.82, 2.24) is 9.55 Å². The van der Waals surface area contributed by atoms with Gasteiger partial charge in [-0.3, -0.25) is 4.57 Å². The lowest BCUT2D eigenvalue weighted by Gasteiger charge is -2.34. The molecule has 0 spiro atoms. The fourth-order valence-electron chi connectivity index (χ4n) is 2.93. The quantitative estimate of drug-likeness (QED) is 0.902. The zero-order chi connectivity index (χ0) is 14.0. The van der Waals surface area contributed by atoms with E-state index in [0.29, 0.717) is 11.5 Å². The molecule has 0 radical (unpaired) electrons. The molecule has 1 aromatic heterocycles. The maximum Gasteiger partial charge on any atom is 0.207 e. The molecule has 1 N–H and O–H groups in total. The minimum absolute atomic E-state index is 0.507. The second kappa shape index (κ2) is 5.31. The molecule has 20 heavy (non-hydrogen) atoms. The first-order valence-electron chi connectivity index (χ1n) is 7.49. The number of nitrogens with one attached hydrogen (secondary N) is 1. The van der Waals surface area contributed by atoms with Gasteiger partial charge in [0.25, 0.3) is 0 Å². The van der Waals surface area contributed by atoms with Gasteiger partial charge in [-0.25, -0.2) is 4.98 Å². The van der Waals surface area contributed by atoms with Gasteiger partial charge in [-0.1, -0.05) is 32.0 Å². The Morgan fingerprint density at radius 3 is 2.55 bits per heavy atom. The molecule has 3 nitrogen and oxygen atoms in total. The van der Waals surface area contributed by atoms with Crippen molar-refractivity contribution in [2.45, 2.75) is 45.6 Å². The van der Waals surface area contributed by atoms with E-state index in [1.807, 2.05) is 18.5 Å². The topological polar surface area (TPSA) is 29.9 Å². The molecule has 0 unspecified atom stereocenters. The van der Waals surface area contributed by atoms with Crippen LogP contribution < -0.4 is 5.32 Å². The Labute approximate surface area is 121 Å². The highest BCUT2D eigenvalue weighted by Crippen LogP contribution is 2.36. The van der Waals surface area contributed by atoms with Crippen LogP contribution in [-0.4, -0.2) is 15.6 Å². The summed E-state index contributed by atoms with van der Waals surface area (Å²) in [5, 5.41) is 3.62. The van der Waals surface area contributed by atoms with Gasteiger partial charge in [-0.15, -0.1) is 0 Å². The Hall–Kier alpha value is -1.77. The highest BCUT2D eigenvalue weighted by Gasteiger charge is 2.27. The molecule has 1 heterocycles.